The molecule has 1 unspecified atom stereocenters. The lowest BCUT2D eigenvalue weighted by Gasteiger charge is -2.14. The number of likely N-dealkylation sites (tertiary alicyclic amines) is 1. The van der Waals surface area contributed by atoms with Crippen LogP contribution in [0.25, 0.3) is 5.69 Å². The van der Waals surface area contributed by atoms with E-state index in [4.69, 9.17) is 0 Å². The van der Waals surface area contributed by atoms with Gasteiger partial charge in [0.1, 0.15) is 11.6 Å². The molecule has 3 rings (SSSR count). The zero-order valence-corrected chi connectivity index (χ0v) is 14.9. The van der Waals surface area contributed by atoms with E-state index < -0.39 is 0 Å². The van der Waals surface area contributed by atoms with Gasteiger partial charge in [-0.3, -0.25) is 4.79 Å². The summed E-state index contributed by atoms with van der Waals surface area (Å²) in [6.45, 7) is 6.29. The van der Waals surface area contributed by atoms with Crippen LogP contribution in [-0.4, -0.2) is 52.3 Å². The smallest absolute Gasteiger partial charge is 0.293 e. The Labute approximate surface area is 147 Å². The van der Waals surface area contributed by atoms with Gasteiger partial charge in [-0.05, 0) is 44.1 Å². The molecule has 1 aliphatic heterocycles. The maximum atomic E-state index is 13.6. The lowest BCUT2D eigenvalue weighted by molar-refractivity contribution is 0.0775. The molecule has 0 saturated carbocycles. The third-order valence-electron chi connectivity index (χ3n) is 4.46. The summed E-state index contributed by atoms with van der Waals surface area (Å²) in [5.41, 5.74) is 0.574. The molecule has 1 aromatic carbocycles. The van der Waals surface area contributed by atoms with Gasteiger partial charge < -0.3 is 10.2 Å². The van der Waals surface area contributed by atoms with E-state index in [1.165, 1.54) is 12.1 Å². The summed E-state index contributed by atoms with van der Waals surface area (Å²) in [5.74, 6) is 0.857. The van der Waals surface area contributed by atoms with Crippen molar-refractivity contribution in [2.24, 2.45) is 5.92 Å². The average molecular weight is 345 g/mol. The van der Waals surface area contributed by atoms with Crippen molar-refractivity contribution >= 4 is 5.91 Å². The molecule has 1 atom stereocenters. The third kappa shape index (κ3) is 3.71. The molecule has 0 bridgehead atoms. The fraction of sp³-hybridized carbons (Fsp3) is 0.500. The fourth-order valence-electron chi connectivity index (χ4n) is 3.20. The fourth-order valence-corrected chi connectivity index (χ4v) is 3.20. The van der Waals surface area contributed by atoms with Gasteiger partial charge in [-0.25, -0.2) is 14.1 Å². The first-order valence-electron chi connectivity index (χ1n) is 8.66. The number of halogens is 1. The first-order chi connectivity index (χ1) is 12.0. The molecule has 25 heavy (non-hydrogen) atoms. The molecule has 2 aromatic rings. The maximum Gasteiger partial charge on any atom is 0.293 e. The summed E-state index contributed by atoms with van der Waals surface area (Å²) in [7, 11) is 1.92. The summed E-state index contributed by atoms with van der Waals surface area (Å²) in [4.78, 5) is 19.0. The largest absolute Gasteiger partial charge is 0.336 e. The highest BCUT2D eigenvalue weighted by Crippen LogP contribution is 2.21. The lowest BCUT2D eigenvalue weighted by atomic mass is 10.1. The Morgan fingerprint density at radius 1 is 1.44 bits per heavy atom. The van der Waals surface area contributed by atoms with Crippen molar-refractivity contribution in [3.8, 4) is 5.69 Å². The average Bonchev–Trinajstić information content (AvgIpc) is 3.21. The van der Waals surface area contributed by atoms with E-state index in [0.717, 1.165) is 19.5 Å². The Bertz CT molecular complexity index is 758. The topological polar surface area (TPSA) is 63.1 Å². The number of rotatable bonds is 5. The lowest BCUT2D eigenvalue weighted by Crippen LogP contribution is -2.31. The Balaban J connectivity index is 1.88. The first kappa shape index (κ1) is 17.5. The summed E-state index contributed by atoms with van der Waals surface area (Å²) < 4.78 is 15.1. The zero-order chi connectivity index (χ0) is 18.0. The molecule has 1 saturated heterocycles. The number of aromatic nitrogens is 3. The van der Waals surface area contributed by atoms with Crippen LogP contribution in [-0.2, 0) is 0 Å². The van der Waals surface area contributed by atoms with Crippen LogP contribution >= 0.6 is 0 Å². The highest BCUT2D eigenvalue weighted by molar-refractivity contribution is 5.90. The number of nitrogens with one attached hydrogen (secondary N) is 1. The minimum Gasteiger partial charge on any atom is -0.336 e. The van der Waals surface area contributed by atoms with Crippen LogP contribution in [0.2, 0.25) is 0 Å². The summed E-state index contributed by atoms with van der Waals surface area (Å²) in [6.07, 6.45) is 0.980. The monoisotopic (exact) mass is 345 g/mol. The van der Waals surface area contributed by atoms with Crippen molar-refractivity contribution in [1.82, 2.24) is 25.0 Å². The highest BCUT2D eigenvalue weighted by atomic mass is 19.1. The van der Waals surface area contributed by atoms with E-state index in [-0.39, 0.29) is 23.5 Å². The van der Waals surface area contributed by atoms with Crippen LogP contribution in [0.3, 0.4) is 0 Å². The molecule has 134 valence electrons. The molecule has 1 fully saturated rings. The van der Waals surface area contributed by atoms with Crippen LogP contribution < -0.4 is 5.32 Å². The van der Waals surface area contributed by atoms with Gasteiger partial charge in [0.2, 0.25) is 5.82 Å². The van der Waals surface area contributed by atoms with Gasteiger partial charge in [0.15, 0.2) is 0 Å². The second-order valence-corrected chi connectivity index (χ2v) is 6.80. The predicted molar refractivity (Wildman–Crippen MR) is 93.3 cm³/mol. The summed E-state index contributed by atoms with van der Waals surface area (Å²) in [6, 6.07) is 6.17. The van der Waals surface area contributed by atoms with Crippen molar-refractivity contribution in [3.05, 3.63) is 41.7 Å². The molecule has 0 aliphatic carbocycles. The van der Waals surface area contributed by atoms with Crippen molar-refractivity contribution in [2.75, 3.05) is 26.7 Å². The number of benzene rings is 1. The standard InChI is InChI=1S/C18H24FN5O/c1-12(2)17-21-16(18(25)23-8-7-13(11-23)10-20-3)22-24(17)15-6-4-5-14(19)9-15/h4-6,9,12-13,20H,7-8,10-11H2,1-3H3. The van der Waals surface area contributed by atoms with E-state index in [9.17, 15) is 9.18 Å². The number of hydrogen-bond acceptors (Lipinski definition) is 4. The number of amides is 1. The van der Waals surface area contributed by atoms with Crippen LogP contribution in [0.15, 0.2) is 24.3 Å². The van der Waals surface area contributed by atoms with Crippen LogP contribution in [0.4, 0.5) is 4.39 Å². The number of hydrogen-bond donors (Lipinski definition) is 1. The molecule has 1 aromatic heterocycles. The molecule has 0 spiro atoms. The molecule has 0 radical (unpaired) electrons. The molecule has 2 heterocycles. The van der Waals surface area contributed by atoms with Gasteiger partial charge in [-0.15, -0.1) is 5.10 Å². The molecular formula is C18H24FN5O. The predicted octanol–water partition coefficient (Wildman–Crippen LogP) is 2.21. The first-order valence-corrected chi connectivity index (χ1v) is 8.66. The van der Waals surface area contributed by atoms with Crippen LogP contribution in [0, 0.1) is 11.7 Å². The molecule has 1 amide bonds. The minimum atomic E-state index is -0.343. The van der Waals surface area contributed by atoms with E-state index >= 15 is 0 Å². The van der Waals surface area contributed by atoms with Crippen molar-refractivity contribution in [2.45, 2.75) is 26.2 Å². The van der Waals surface area contributed by atoms with E-state index in [2.05, 4.69) is 15.4 Å². The normalized spacial score (nSPS) is 17.5. The second kappa shape index (κ2) is 7.31. The SMILES string of the molecule is CNCC1CCN(C(=O)c2nc(C(C)C)n(-c3cccc(F)c3)n2)C1. The van der Waals surface area contributed by atoms with E-state index in [1.54, 1.807) is 21.7 Å². The Kier molecular flexibility index (Phi) is 5.13. The number of nitrogens with zero attached hydrogens (tertiary/aromatic N) is 4. The summed E-state index contributed by atoms with van der Waals surface area (Å²) in [5, 5.41) is 7.55. The number of carbonyl (C=O) groups is 1. The van der Waals surface area contributed by atoms with Gasteiger partial charge >= 0.3 is 0 Å². The van der Waals surface area contributed by atoms with Crippen molar-refractivity contribution < 1.29 is 9.18 Å². The molecule has 7 heteroatoms. The Morgan fingerprint density at radius 3 is 2.92 bits per heavy atom. The van der Waals surface area contributed by atoms with Crippen LogP contribution in [0.5, 0.6) is 0 Å². The van der Waals surface area contributed by atoms with Gasteiger partial charge in [0.05, 0.1) is 5.69 Å². The zero-order valence-electron chi connectivity index (χ0n) is 14.9. The quantitative estimate of drug-likeness (QED) is 0.902. The van der Waals surface area contributed by atoms with Crippen molar-refractivity contribution in [3.63, 3.8) is 0 Å². The Hall–Kier alpha value is -2.28. The summed E-state index contributed by atoms with van der Waals surface area (Å²) >= 11 is 0. The third-order valence-corrected chi connectivity index (χ3v) is 4.46. The van der Waals surface area contributed by atoms with Crippen molar-refractivity contribution in [1.29, 1.82) is 0 Å². The second-order valence-electron chi connectivity index (χ2n) is 6.80. The molecule has 6 nitrogen and oxygen atoms in total. The maximum absolute atomic E-state index is 13.6. The van der Waals surface area contributed by atoms with E-state index in [0.29, 0.717) is 24.0 Å². The van der Waals surface area contributed by atoms with Gasteiger partial charge in [0, 0.05) is 19.0 Å². The molecular weight excluding hydrogens is 321 g/mol. The number of carbonyl (C=O) groups excluding carboxylic acids is 1. The molecule has 1 N–H and O–H groups in total. The van der Waals surface area contributed by atoms with Gasteiger partial charge in [0.25, 0.3) is 5.91 Å². The van der Waals surface area contributed by atoms with E-state index in [1.807, 2.05) is 20.9 Å². The molecule has 1 aliphatic rings. The van der Waals surface area contributed by atoms with Gasteiger partial charge in [-0.2, -0.15) is 0 Å². The highest BCUT2D eigenvalue weighted by Gasteiger charge is 2.30. The minimum absolute atomic E-state index is 0.0629. The van der Waals surface area contributed by atoms with Crippen LogP contribution in [0.1, 0.15) is 42.6 Å². The Morgan fingerprint density at radius 2 is 2.24 bits per heavy atom. The van der Waals surface area contributed by atoms with Gasteiger partial charge in [-0.1, -0.05) is 19.9 Å².